The highest BCUT2D eigenvalue weighted by molar-refractivity contribution is 6.30. The van der Waals surface area contributed by atoms with E-state index in [0.29, 0.717) is 5.69 Å². The lowest BCUT2D eigenvalue weighted by Crippen LogP contribution is -2.42. The fraction of sp³-hybridized carbons (Fsp3) is 0.381. The van der Waals surface area contributed by atoms with Crippen LogP contribution in [0, 0.1) is 11.9 Å². The molecule has 1 aliphatic rings. The molecule has 1 aliphatic carbocycles. The largest absolute Gasteiger partial charge is 0.416 e. The van der Waals surface area contributed by atoms with Crippen molar-refractivity contribution in [2.45, 2.75) is 50.7 Å². The molecule has 0 bridgehead atoms. The number of carbonyl (C=O) groups is 1. The molecule has 0 atom stereocenters. The molecule has 1 radical (unpaired) electrons. The summed E-state index contributed by atoms with van der Waals surface area (Å²) in [5.41, 5.74) is -0.685. The molecule has 2 nitrogen and oxygen atoms in total. The summed E-state index contributed by atoms with van der Waals surface area (Å²) in [5.74, 6) is -1.16. The van der Waals surface area contributed by atoms with E-state index in [9.17, 15) is 22.4 Å². The molecule has 2 aromatic rings. The first-order chi connectivity index (χ1) is 13.3. The molecule has 0 spiro atoms. The molecule has 28 heavy (non-hydrogen) atoms. The van der Waals surface area contributed by atoms with E-state index in [1.165, 1.54) is 29.2 Å². The average molecular weight is 413 g/mol. The standard InChI is InChI=1S/C21H19ClF4NO/c22-18-11-10-16(13-19(18)23)27(15-7-2-1-3-8-15)20(28)12-14-6-4-5-9-17(14)21(24,25)26/h4,6,9-11,13,15H,1-3,7-8,12H2. The molecule has 3 rings (SSSR count). The van der Waals surface area contributed by atoms with Crippen LogP contribution in [-0.4, -0.2) is 11.9 Å². The molecule has 1 saturated carbocycles. The van der Waals surface area contributed by atoms with Crippen LogP contribution in [-0.2, 0) is 17.4 Å². The summed E-state index contributed by atoms with van der Waals surface area (Å²) >= 11 is 5.74. The Hall–Kier alpha value is -2.08. The Morgan fingerprint density at radius 3 is 2.54 bits per heavy atom. The second-order valence-electron chi connectivity index (χ2n) is 6.91. The molecular weight excluding hydrogens is 394 g/mol. The number of rotatable bonds is 4. The van der Waals surface area contributed by atoms with E-state index in [-0.39, 0.29) is 16.6 Å². The van der Waals surface area contributed by atoms with Gasteiger partial charge in [0.05, 0.1) is 17.0 Å². The molecule has 2 aromatic carbocycles. The quantitative estimate of drug-likeness (QED) is 0.547. The maximum absolute atomic E-state index is 14.0. The van der Waals surface area contributed by atoms with Crippen LogP contribution in [0.2, 0.25) is 5.02 Å². The third-order valence-corrected chi connectivity index (χ3v) is 5.30. The first-order valence-corrected chi connectivity index (χ1v) is 9.48. The van der Waals surface area contributed by atoms with Crippen molar-refractivity contribution in [1.82, 2.24) is 0 Å². The number of benzene rings is 2. The fourth-order valence-electron chi connectivity index (χ4n) is 3.66. The van der Waals surface area contributed by atoms with Crippen LogP contribution >= 0.6 is 11.6 Å². The van der Waals surface area contributed by atoms with Gasteiger partial charge < -0.3 is 4.90 Å². The third-order valence-electron chi connectivity index (χ3n) is 4.99. The van der Waals surface area contributed by atoms with Gasteiger partial charge in [-0.05, 0) is 48.7 Å². The molecule has 0 unspecified atom stereocenters. The van der Waals surface area contributed by atoms with Crippen LogP contribution < -0.4 is 4.90 Å². The van der Waals surface area contributed by atoms with Crippen LogP contribution in [0.1, 0.15) is 43.2 Å². The summed E-state index contributed by atoms with van der Waals surface area (Å²) < 4.78 is 53.8. The minimum absolute atomic E-state index is 0.0715. The van der Waals surface area contributed by atoms with Gasteiger partial charge in [0.2, 0.25) is 5.91 Å². The Balaban J connectivity index is 1.94. The van der Waals surface area contributed by atoms with Gasteiger partial charge in [-0.1, -0.05) is 43.0 Å². The fourth-order valence-corrected chi connectivity index (χ4v) is 3.78. The molecule has 0 aliphatic heterocycles. The summed E-state index contributed by atoms with van der Waals surface area (Å²) in [6.45, 7) is 0. The van der Waals surface area contributed by atoms with Gasteiger partial charge in [-0.25, -0.2) is 4.39 Å². The second-order valence-corrected chi connectivity index (χ2v) is 7.32. The minimum Gasteiger partial charge on any atom is -0.309 e. The summed E-state index contributed by atoms with van der Waals surface area (Å²) in [6, 6.07) is 9.73. The van der Waals surface area contributed by atoms with E-state index < -0.39 is 29.9 Å². The molecule has 0 saturated heterocycles. The van der Waals surface area contributed by atoms with Crippen molar-refractivity contribution in [1.29, 1.82) is 0 Å². The number of carbonyl (C=O) groups excluding carboxylic acids is 1. The summed E-state index contributed by atoms with van der Waals surface area (Å²) in [7, 11) is 0. The Kier molecular flexibility index (Phi) is 6.28. The van der Waals surface area contributed by atoms with E-state index in [4.69, 9.17) is 11.6 Å². The highest BCUT2D eigenvalue weighted by Gasteiger charge is 2.35. The van der Waals surface area contributed by atoms with Crippen LogP contribution in [0.5, 0.6) is 0 Å². The topological polar surface area (TPSA) is 20.3 Å². The number of nitrogens with zero attached hydrogens (tertiary/aromatic N) is 1. The highest BCUT2D eigenvalue weighted by Crippen LogP contribution is 2.34. The SMILES string of the molecule is O=C(Cc1cc[c]cc1C(F)(F)F)N(c1ccc(Cl)c(F)c1)C1CCCCC1. The van der Waals surface area contributed by atoms with Crippen LogP contribution in [0.15, 0.2) is 36.4 Å². The molecule has 7 heteroatoms. The molecular formula is C21H19ClF4NO. The van der Waals surface area contributed by atoms with Crippen molar-refractivity contribution >= 4 is 23.2 Å². The van der Waals surface area contributed by atoms with E-state index in [1.807, 2.05) is 0 Å². The average Bonchev–Trinajstić information content (AvgIpc) is 2.65. The van der Waals surface area contributed by atoms with E-state index >= 15 is 0 Å². The number of amides is 1. The number of hydrogen-bond acceptors (Lipinski definition) is 1. The van der Waals surface area contributed by atoms with Crippen LogP contribution in [0.4, 0.5) is 23.2 Å². The van der Waals surface area contributed by atoms with Gasteiger partial charge in [0.25, 0.3) is 0 Å². The molecule has 0 heterocycles. The summed E-state index contributed by atoms with van der Waals surface area (Å²) in [5, 5.41) is -0.0715. The van der Waals surface area contributed by atoms with E-state index in [1.54, 1.807) is 0 Å². The van der Waals surface area contributed by atoms with Gasteiger partial charge in [0, 0.05) is 11.7 Å². The maximum atomic E-state index is 14.0. The van der Waals surface area contributed by atoms with Crippen molar-refractivity contribution in [2.24, 2.45) is 0 Å². The zero-order valence-corrected chi connectivity index (χ0v) is 15.8. The van der Waals surface area contributed by atoms with Crippen molar-refractivity contribution in [3.05, 3.63) is 64.4 Å². The molecule has 1 fully saturated rings. The van der Waals surface area contributed by atoms with Crippen molar-refractivity contribution < 1.29 is 22.4 Å². The number of alkyl halides is 3. The van der Waals surface area contributed by atoms with Gasteiger partial charge in [-0.2, -0.15) is 13.2 Å². The zero-order chi connectivity index (χ0) is 20.3. The Bertz CT molecular complexity index is 847. The van der Waals surface area contributed by atoms with Crippen LogP contribution in [0.25, 0.3) is 0 Å². The molecule has 0 N–H and O–H groups in total. The van der Waals surface area contributed by atoms with Gasteiger partial charge >= 0.3 is 6.18 Å². The van der Waals surface area contributed by atoms with Gasteiger partial charge in [0.15, 0.2) is 0 Å². The summed E-state index contributed by atoms with van der Waals surface area (Å²) in [6.07, 6.45) is -0.674. The van der Waals surface area contributed by atoms with Crippen molar-refractivity contribution in [2.75, 3.05) is 4.90 Å². The lowest BCUT2D eigenvalue weighted by atomic mass is 9.93. The highest BCUT2D eigenvalue weighted by atomic mass is 35.5. The van der Waals surface area contributed by atoms with E-state index in [2.05, 4.69) is 6.07 Å². The van der Waals surface area contributed by atoms with Crippen molar-refractivity contribution in [3.8, 4) is 0 Å². The van der Waals surface area contributed by atoms with E-state index in [0.717, 1.165) is 44.2 Å². The Morgan fingerprint density at radius 2 is 1.89 bits per heavy atom. The summed E-state index contributed by atoms with van der Waals surface area (Å²) in [4.78, 5) is 14.5. The van der Waals surface area contributed by atoms with Crippen LogP contribution in [0.3, 0.4) is 0 Å². The Labute approximate surface area is 166 Å². The molecule has 1 amide bonds. The van der Waals surface area contributed by atoms with Gasteiger partial charge in [-0.3, -0.25) is 4.79 Å². The lowest BCUT2D eigenvalue weighted by molar-refractivity contribution is -0.138. The van der Waals surface area contributed by atoms with Crippen molar-refractivity contribution in [3.63, 3.8) is 0 Å². The minimum atomic E-state index is -4.57. The number of hydrogen-bond donors (Lipinski definition) is 0. The maximum Gasteiger partial charge on any atom is 0.416 e. The molecule has 149 valence electrons. The number of halogens is 5. The predicted octanol–water partition coefficient (Wildman–Crippen LogP) is 6.21. The predicted molar refractivity (Wildman–Crippen MR) is 99.8 cm³/mol. The Morgan fingerprint density at radius 1 is 1.18 bits per heavy atom. The second kappa shape index (κ2) is 8.52. The first kappa shape index (κ1) is 20.6. The van der Waals surface area contributed by atoms with Gasteiger partial charge in [0.1, 0.15) is 5.82 Å². The smallest absolute Gasteiger partial charge is 0.309 e. The number of anilines is 1. The lowest BCUT2D eigenvalue weighted by Gasteiger charge is -2.35. The first-order valence-electron chi connectivity index (χ1n) is 9.10. The monoisotopic (exact) mass is 412 g/mol. The normalized spacial score (nSPS) is 15.5. The molecule has 0 aromatic heterocycles. The zero-order valence-electron chi connectivity index (χ0n) is 15.0. The van der Waals surface area contributed by atoms with Gasteiger partial charge in [-0.15, -0.1) is 0 Å². The third kappa shape index (κ3) is 4.66.